The Hall–Kier alpha value is -3.29. The SMILES string of the molecule is COC(=O)C1CCCCC1Cn1c(=O)n(C)c2ccc(OCc3cccc(OC)c3)nc21. The third-order valence-electron chi connectivity index (χ3n) is 6.31. The summed E-state index contributed by atoms with van der Waals surface area (Å²) in [5.41, 5.74) is 2.11. The Balaban J connectivity index is 1.60. The molecular formula is C24H29N3O5. The fraction of sp³-hybridized carbons (Fsp3) is 0.458. The van der Waals surface area contributed by atoms with Gasteiger partial charge in [-0.15, -0.1) is 0 Å². The Labute approximate surface area is 186 Å². The van der Waals surface area contributed by atoms with E-state index >= 15 is 0 Å². The lowest BCUT2D eigenvalue weighted by molar-refractivity contribution is -0.148. The summed E-state index contributed by atoms with van der Waals surface area (Å²) in [5.74, 6) is 0.858. The van der Waals surface area contributed by atoms with Crippen molar-refractivity contribution in [3.05, 3.63) is 52.4 Å². The highest BCUT2D eigenvalue weighted by Gasteiger charge is 2.33. The minimum Gasteiger partial charge on any atom is -0.497 e. The zero-order chi connectivity index (χ0) is 22.7. The number of ether oxygens (including phenoxy) is 3. The Bertz CT molecular complexity index is 1170. The number of carbonyl (C=O) groups is 1. The summed E-state index contributed by atoms with van der Waals surface area (Å²) >= 11 is 0. The lowest BCUT2D eigenvalue weighted by Gasteiger charge is -2.29. The van der Waals surface area contributed by atoms with Gasteiger partial charge in [-0.3, -0.25) is 13.9 Å². The minimum atomic E-state index is -0.196. The molecule has 0 saturated heterocycles. The molecule has 2 aromatic heterocycles. The van der Waals surface area contributed by atoms with Gasteiger partial charge < -0.3 is 14.2 Å². The number of aryl methyl sites for hydroxylation is 1. The lowest BCUT2D eigenvalue weighted by Crippen LogP contribution is -2.34. The molecule has 1 aliphatic carbocycles. The van der Waals surface area contributed by atoms with Crippen molar-refractivity contribution in [2.45, 2.75) is 38.8 Å². The summed E-state index contributed by atoms with van der Waals surface area (Å²) < 4.78 is 19.4. The van der Waals surface area contributed by atoms with E-state index < -0.39 is 0 Å². The van der Waals surface area contributed by atoms with Crippen molar-refractivity contribution in [3.8, 4) is 11.6 Å². The van der Waals surface area contributed by atoms with Crippen LogP contribution in [0.3, 0.4) is 0 Å². The molecule has 0 radical (unpaired) electrons. The van der Waals surface area contributed by atoms with Gasteiger partial charge in [0.25, 0.3) is 0 Å². The van der Waals surface area contributed by atoms with Crippen LogP contribution in [0.2, 0.25) is 0 Å². The standard InChI is InChI=1S/C24H29N3O5/c1-26-20-11-12-21(32-15-16-7-6-9-18(13-16)30-2)25-22(20)27(24(26)29)14-17-8-4-5-10-19(17)23(28)31-3/h6-7,9,11-13,17,19H,4-5,8,10,14-15H2,1-3H3. The number of fused-ring (bicyclic) bond motifs is 1. The minimum absolute atomic E-state index is 0.0441. The molecule has 170 valence electrons. The van der Waals surface area contributed by atoms with Crippen LogP contribution in [-0.4, -0.2) is 34.3 Å². The third kappa shape index (κ3) is 4.35. The van der Waals surface area contributed by atoms with Crippen molar-refractivity contribution in [1.82, 2.24) is 14.1 Å². The molecule has 2 atom stereocenters. The first-order valence-electron chi connectivity index (χ1n) is 10.9. The molecule has 0 N–H and O–H groups in total. The zero-order valence-corrected chi connectivity index (χ0v) is 18.7. The van der Waals surface area contributed by atoms with Gasteiger partial charge >= 0.3 is 11.7 Å². The normalized spacial score (nSPS) is 18.5. The van der Waals surface area contributed by atoms with Crippen molar-refractivity contribution in [1.29, 1.82) is 0 Å². The number of methoxy groups -OCH3 is 2. The lowest BCUT2D eigenvalue weighted by atomic mass is 9.79. The first-order valence-corrected chi connectivity index (χ1v) is 10.9. The average molecular weight is 440 g/mol. The van der Waals surface area contributed by atoms with Gasteiger partial charge in [0.05, 0.1) is 25.7 Å². The summed E-state index contributed by atoms with van der Waals surface area (Å²) in [6.07, 6.45) is 3.72. The predicted octanol–water partition coefficient (Wildman–Crippen LogP) is 3.30. The molecule has 0 bridgehead atoms. The number of aromatic nitrogens is 3. The second kappa shape index (κ2) is 9.46. The molecule has 1 fully saturated rings. The number of nitrogens with zero attached hydrogens (tertiary/aromatic N) is 3. The van der Waals surface area contributed by atoms with Crippen molar-refractivity contribution < 1.29 is 19.0 Å². The number of hydrogen-bond donors (Lipinski definition) is 0. The molecular weight excluding hydrogens is 410 g/mol. The Morgan fingerprint density at radius 3 is 2.75 bits per heavy atom. The third-order valence-corrected chi connectivity index (χ3v) is 6.31. The summed E-state index contributed by atoms with van der Waals surface area (Å²) in [6, 6.07) is 11.3. The second-order valence-corrected chi connectivity index (χ2v) is 8.26. The van der Waals surface area contributed by atoms with Crippen LogP contribution in [0.4, 0.5) is 0 Å². The smallest absolute Gasteiger partial charge is 0.330 e. The van der Waals surface area contributed by atoms with Crippen LogP contribution >= 0.6 is 0 Å². The van der Waals surface area contributed by atoms with Gasteiger partial charge in [0.1, 0.15) is 12.4 Å². The Morgan fingerprint density at radius 2 is 1.97 bits per heavy atom. The fourth-order valence-corrected chi connectivity index (χ4v) is 4.55. The number of hydrogen-bond acceptors (Lipinski definition) is 6. The van der Waals surface area contributed by atoms with E-state index in [1.165, 1.54) is 7.11 Å². The van der Waals surface area contributed by atoms with Crippen molar-refractivity contribution >= 4 is 17.1 Å². The van der Waals surface area contributed by atoms with Crippen LogP contribution in [-0.2, 0) is 29.7 Å². The molecule has 4 rings (SSSR count). The Morgan fingerprint density at radius 1 is 1.16 bits per heavy atom. The highest BCUT2D eigenvalue weighted by molar-refractivity contribution is 5.73. The van der Waals surface area contributed by atoms with Gasteiger partial charge in [0, 0.05) is 19.7 Å². The molecule has 1 saturated carbocycles. The summed E-state index contributed by atoms with van der Waals surface area (Å²) in [6.45, 7) is 0.766. The van der Waals surface area contributed by atoms with E-state index in [0.29, 0.717) is 24.7 Å². The number of pyridine rings is 1. The average Bonchev–Trinajstić information content (AvgIpc) is 3.07. The van der Waals surface area contributed by atoms with Gasteiger partial charge in [0.2, 0.25) is 5.88 Å². The molecule has 0 spiro atoms. The first kappa shape index (κ1) is 21.9. The van der Waals surface area contributed by atoms with E-state index in [-0.39, 0.29) is 23.5 Å². The number of benzene rings is 1. The van der Waals surface area contributed by atoms with Crippen molar-refractivity contribution in [3.63, 3.8) is 0 Å². The topological polar surface area (TPSA) is 84.6 Å². The quantitative estimate of drug-likeness (QED) is 0.525. The Kier molecular flexibility index (Phi) is 6.48. The molecule has 0 aliphatic heterocycles. The molecule has 1 aliphatic rings. The van der Waals surface area contributed by atoms with E-state index in [2.05, 4.69) is 4.98 Å². The molecule has 1 aromatic carbocycles. The van der Waals surface area contributed by atoms with Crippen LogP contribution < -0.4 is 15.2 Å². The number of rotatable bonds is 7. The molecule has 3 aromatic rings. The maximum absolute atomic E-state index is 13.0. The largest absolute Gasteiger partial charge is 0.497 e. The van der Waals surface area contributed by atoms with E-state index in [9.17, 15) is 9.59 Å². The van der Waals surface area contributed by atoms with E-state index in [4.69, 9.17) is 14.2 Å². The molecule has 8 nitrogen and oxygen atoms in total. The van der Waals surface area contributed by atoms with E-state index in [1.807, 2.05) is 30.3 Å². The van der Waals surface area contributed by atoms with Crippen molar-refractivity contribution in [2.24, 2.45) is 18.9 Å². The molecule has 8 heteroatoms. The molecule has 0 amide bonds. The molecule has 32 heavy (non-hydrogen) atoms. The maximum atomic E-state index is 13.0. The van der Waals surface area contributed by atoms with Crippen LogP contribution in [0.1, 0.15) is 31.2 Å². The number of esters is 1. The number of carbonyl (C=O) groups excluding carboxylic acids is 1. The zero-order valence-electron chi connectivity index (χ0n) is 18.7. The van der Waals surface area contributed by atoms with Gasteiger partial charge in [-0.05, 0) is 42.5 Å². The van der Waals surface area contributed by atoms with Crippen LogP contribution in [0.15, 0.2) is 41.2 Å². The monoisotopic (exact) mass is 439 g/mol. The summed E-state index contributed by atoms with van der Waals surface area (Å²) in [7, 11) is 4.78. The van der Waals surface area contributed by atoms with Gasteiger partial charge in [-0.1, -0.05) is 25.0 Å². The highest BCUT2D eigenvalue weighted by atomic mass is 16.5. The fourth-order valence-electron chi connectivity index (χ4n) is 4.55. The van der Waals surface area contributed by atoms with Gasteiger partial charge in [0.15, 0.2) is 5.65 Å². The van der Waals surface area contributed by atoms with E-state index in [0.717, 1.165) is 42.5 Å². The molecule has 2 heterocycles. The summed E-state index contributed by atoms with van der Waals surface area (Å²) in [5, 5.41) is 0. The van der Waals surface area contributed by atoms with Crippen LogP contribution in [0.25, 0.3) is 11.2 Å². The number of imidazole rings is 1. The highest BCUT2D eigenvalue weighted by Crippen LogP contribution is 2.32. The van der Waals surface area contributed by atoms with Crippen LogP contribution in [0.5, 0.6) is 11.6 Å². The van der Waals surface area contributed by atoms with Crippen LogP contribution in [0, 0.1) is 11.8 Å². The first-order chi connectivity index (χ1) is 15.5. The van der Waals surface area contributed by atoms with Gasteiger partial charge in [-0.2, -0.15) is 4.98 Å². The predicted molar refractivity (Wildman–Crippen MR) is 120 cm³/mol. The molecule has 2 unspecified atom stereocenters. The van der Waals surface area contributed by atoms with Gasteiger partial charge in [-0.25, -0.2) is 4.79 Å². The van der Waals surface area contributed by atoms with E-state index in [1.54, 1.807) is 29.4 Å². The second-order valence-electron chi connectivity index (χ2n) is 8.26. The van der Waals surface area contributed by atoms with Crippen molar-refractivity contribution in [2.75, 3.05) is 14.2 Å². The summed E-state index contributed by atoms with van der Waals surface area (Å²) in [4.78, 5) is 29.9. The maximum Gasteiger partial charge on any atom is 0.330 e.